The Morgan fingerprint density at radius 1 is 0.550 bits per heavy atom. The molecule has 1 heteroatoms. The van der Waals surface area contributed by atoms with Crippen LogP contribution in [0.2, 0.25) is 0 Å². The second kappa shape index (κ2) is 4.77. The summed E-state index contributed by atoms with van der Waals surface area (Å²) in [7, 11) is -1.28. The Hall–Kier alpha value is -2.12. The van der Waals surface area contributed by atoms with Crippen LogP contribution in [0.25, 0.3) is 0 Å². The molecule has 1 heterocycles. The van der Waals surface area contributed by atoms with Gasteiger partial charge in [-0.25, -0.2) is 0 Å². The highest BCUT2D eigenvalue weighted by Crippen LogP contribution is 2.13. The van der Waals surface area contributed by atoms with Gasteiger partial charge in [0.2, 0.25) is 0 Å². The lowest BCUT2D eigenvalue weighted by atomic mass is 10.0. The lowest BCUT2D eigenvalue weighted by Gasteiger charge is -2.27. The zero-order valence-electron chi connectivity index (χ0n) is 11.3. The highest BCUT2D eigenvalue weighted by Gasteiger charge is 2.27. The third-order valence-electron chi connectivity index (χ3n) is 4.25. The Morgan fingerprint density at radius 2 is 1.05 bits per heavy atom. The molecule has 96 valence electrons. The summed E-state index contributed by atoms with van der Waals surface area (Å²) in [6, 6.07) is 29.1. The van der Waals surface area contributed by atoms with E-state index in [0.717, 1.165) is 6.42 Å². The minimum absolute atomic E-state index is 1.09. The predicted molar refractivity (Wildman–Crippen MR) is 88.2 cm³/mol. The van der Waals surface area contributed by atoms with Crippen molar-refractivity contribution in [2.75, 3.05) is 0 Å². The van der Waals surface area contributed by atoms with Crippen molar-refractivity contribution >= 4 is 24.4 Å². The van der Waals surface area contributed by atoms with E-state index in [-0.39, 0.29) is 0 Å². The molecule has 0 saturated heterocycles. The Bertz CT molecular complexity index is 701. The zero-order chi connectivity index (χ0) is 13.4. The Kier molecular flexibility index (Phi) is 2.78. The molecule has 20 heavy (non-hydrogen) atoms. The minimum Gasteiger partial charge on any atom is -0.0625 e. The van der Waals surface area contributed by atoms with Gasteiger partial charge >= 0.3 is 0 Å². The molecular weight excluding hydrogens is 256 g/mol. The fourth-order valence-electron chi connectivity index (χ4n) is 3.33. The first-order valence-electron chi connectivity index (χ1n) is 7.14. The third kappa shape index (κ3) is 1.83. The first-order valence-corrected chi connectivity index (χ1v) is 8.87. The zero-order valence-corrected chi connectivity index (χ0v) is 12.4. The van der Waals surface area contributed by atoms with E-state index in [1.54, 1.807) is 10.4 Å². The van der Waals surface area contributed by atoms with Crippen molar-refractivity contribution in [3.8, 4) is 0 Å². The van der Waals surface area contributed by atoms with Crippen LogP contribution in [-0.4, -0.2) is 8.80 Å². The van der Waals surface area contributed by atoms with Crippen molar-refractivity contribution in [2.45, 2.75) is 6.42 Å². The number of hydrogen-bond acceptors (Lipinski definition) is 0. The van der Waals surface area contributed by atoms with E-state index in [0.29, 0.717) is 0 Å². The lowest BCUT2D eigenvalue weighted by molar-refractivity contribution is 1.21. The summed E-state index contributed by atoms with van der Waals surface area (Å²) in [4.78, 5) is 0. The van der Waals surface area contributed by atoms with Gasteiger partial charge in [0, 0.05) is 0 Å². The summed E-state index contributed by atoms with van der Waals surface area (Å²) in [6.07, 6.45) is 1.09. The second-order valence-corrected chi connectivity index (χ2v) is 8.19. The highest BCUT2D eigenvalue weighted by molar-refractivity contribution is 6.96. The van der Waals surface area contributed by atoms with Gasteiger partial charge in [0.05, 0.1) is 0 Å². The van der Waals surface area contributed by atoms with E-state index in [1.807, 2.05) is 0 Å². The van der Waals surface area contributed by atoms with Gasteiger partial charge in [-0.05, 0) is 27.9 Å². The van der Waals surface area contributed by atoms with Gasteiger partial charge < -0.3 is 0 Å². The Morgan fingerprint density at radius 3 is 1.65 bits per heavy atom. The third-order valence-corrected chi connectivity index (χ3v) is 7.67. The average molecular weight is 272 g/mol. The molecule has 0 aliphatic carbocycles. The summed E-state index contributed by atoms with van der Waals surface area (Å²) in [5, 5.41) is 4.71. The van der Waals surface area contributed by atoms with Gasteiger partial charge in [0.25, 0.3) is 0 Å². The molecule has 1 aliphatic rings. The quantitative estimate of drug-likeness (QED) is 0.464. The van der Waals surface area contributed by atoms with Gasteiger partial charge in [0.15, 0.2) is 0 Å². The highest BCUT2D eigenvalue weighted by atomic mass is 28.3. The molecule has 0 amide bonds. The van der Waals surface area contributed by atoms with Crippen LogP contribution >= 0.6 is 0 Å². The molecule has 0 bridgehead atoms. The molecule has 3 aromatic rings. The fourth-order valence-corrected chi connectivity index (χ4v) is 6.74. The number of fused-ring (bicyclic) bond motifs is 2. The summed E-state index contributed by atoms with van der Waals surface area (Å²) in [5.74, 6) is 0. The Labute approximate surface area is 121 Å². The molecule has 0 radical (unpaired) electrons. The predicted octanol–water partition coefficient (Wildman–Crippen LogP) is 1.84. The van der Waals surface area contributed by atoms with Crippen molar-refractivity contribution < 1.29 is 0 Å². The maximum absolute atomic E-state index is 2.34. The van der Waals surface area contributed by atoms with Crippen molar-refractivity contribution in [1.29, 1.82) is 0 Å². The van der Waals surface area contributed by atoms with Crippen molar-refractivity contribution in [1.82, 2.24) is 0 Å². The van der Waals surface area contributed by atoms with E-state index in [9.17, 15) is 0 Å². The van der Waals surface area contributed by atoms with E-state index < -0.39 is 8.80 Å². The summed E-state index contributed by atoms with van der Waals surface area (Å²) in [6.45, 7) is 0. The van der Waals surface area contributed by atoms with Gasteiger partial charge in [-0.1, -0.05) is 84.0 Å². The second-order valence-electron chi connectivity index (χ2n) is 5.42. The van der Waals surface area contributed by atoms with Crippen LogP contribution in [0.15, 0.2) is 78.9 Å². The molecule has 4 rings (SSSR count). The smallest absolute Gasteiger partial charge is 0.0625 e. The SMILES string of the molecule is c1ccc([SiH]2c3ccccc3Cc3ccccc32)cc1. The van der Waals surface area contributed by atoms with Crippen LogP contribution < -0.4 is 15.6 Å². The van der Waals surface area contributed by atoms with E-state index >= 15 is 0 Å². The van der Waals surface area contributed by atoms with Gasteiger partial charge in [0.1, 0.15) is 8.80 Å². The first kappa shape index (κ1) is 11.7. The maximum Gasteiger partial charge on any atom is 0.133 e. The lowest BCUT2D eigenvalue weighted by Crippen LogP contribution is -2.56. The summed E-state index contributed by atoms with van der Waals surface area (Å²) < 4.78 is 0. The normalized spacial score (nSPS) is 13.6. The molecule has 0 atom stereocenters. The van der Waals surface area contributed by atoms with Crippen LogP contribution in [0, 0.1) is 0 Å². The molecule has 0 spiro atoms. The van der Waals surface area contributed by atoms with Gasteiger partial charge in [-0.3, -0.25) is 0 Å². The summed E-state index contributed by atoms with van der Waals surface area (Å²) >= 11 is 0. The standard InChI is InChI=1S/C19H16Si/c1-2-10-17(11-3-1)20-18-12-6-4-8-15(18)14-16-9-5-7-13-19(16)20/h1-13,20H,14H2. The number of rotatable bonds is 1. The van der Waals surface area contributed by atoms with Crippen LogP contribution in [-0.2, 0) is 6.42 Å². The van der Waals surface area contributed by atoms with Crippen LogP contribution in [0.3, 0.4) is 0 Å². The van der Waals surface area contributed by atoms with Crippen molar-refractivity contribution in [2.24, 2.45) is 0 Å². The molecule has 0 N–H and O–H groups in total. The fraction of sp³-hybridized carbons (Fsp3) is 0.0526. The molecule has 0 unspecified atom stereocenters. The first-order chi connectivity index (χ1) is 9.93. The topological polar surface area (TPSA) is 0 Å². The molecule has 0 saturated carbocycles. The molecule has 0 nitrogen and oxygen atoms in total. The molecule has 0 fully saturated rings. The monoisotopic (exact) mass is 272 g/mol. The van der Waals surface area contributed by atoms with Crippen molar-refractivity contribution in [3.05, 3.63) is 90.0 Å². The van der Waals surface area contributed by atoms with Crippen molar-refractivity contribution in [3.63, 3.8) is 0 Å². The van der Waals surface area contributed by atoms with E-state index in [4.69, 9.17) is 0 Å². The minimum atomic E-state index is -1.28. The largest absolute Gasteiger partial charge is 0.133 e. The summed E-state index contributed by atoms with van der Waals surface area (Å²) in [5.41, 5.74) is 3.04. The van der Waals surface area contributed by atoms with Gasteiger partial charge in [-0.15, -0.1) is 0 Å². The number of benzene rings is 3. The van der Waals surface area contributed by atoms with Gasteiger partial charge in [-0.2, -0.15) is 0 Å². The molecule has 1 aliphatic heterocycles. The van der Waals surface area contributed by atoms with E-state index in [2.05, 4.69) is 78.9 Å². The molecular formula is C19H16Si. The van der Waals surface area contributed by atoms with Crippen LogP contribution in [0.1, 0.15) is 11.1 Å². The number of hydrogen-bond donors (Lipinski definition) is 0. The van der Waals surface area contributed by atoms with Crippen LogP contribution in [0.4, 0.5) is 0 Å². The van der Waals surface area contributed by atoms with E-state index in [1.165, 1.54) is 16.3 Å². The molecule has 0 aromatic heterocycles. The van der Waals surface area contributed by atoms with Crippen LogP contribution in [0.5, 0.6) is 0 Å². The Balaban J connectivity index is 1.98. The molecule has 3 aromatic carbocycles. The maximum atomic E-state index is 2.34. The average Bonchev–Trinajstić information content (AvgIpc) is 2.53.